The number of fused-ring (bicyclic) bond motifs is 1. The van der Waals surface area contributed by atoms with Crippen LogP contribution >= 0.6 is 15.9 Å². The van der Waals surface area contributed by atoms with E-state index in [-0.39, 0.29) is 0 Å². The minimum Gasteiger partial charge on any atom is -0.493 e. The van der Waals surface area contributed by atoms with E-state index in [1.165, 1.54) is 24.0 Å². The van der Waals surface area contributed by atoms with E-state index in [9.17, 15) is 0 Å². The first-order valence-corrected chi connectivity index (χ1v) is 8.03. The highest BCUT2D eigenvalue weighted by Gasteiger charge is 2.17. The lowest BCUT2D eigenvalue weighted by Gasteiger charge is -2.16. The minimum absolute atomic E-state index is 0.554. The topological polar surface area (TPSA) is 21.3 Å². The summed E-state index contributed by atoms with van der Waals surface area (Å²) >= 11 is 3.59. The number of nitrogens with one attached hydrogen (secondary N) is 1. The highest BCUT2D eigenvalue weighted by molar-refractivity contribution is 9.10. The molecule has 1 heterocycles. The first-order chi connectivity index (χ1) is 9.06. The second-order valence-corrected chi connectivity index (χ2v) is 6.82. The normalized spacial score (nSPS) is 15.4. The molecule has 0 aromatic heterocycles. The van der Waals surface area contributed by atoms with Gasteiger partial charge in [-0.25, -0.2) is 0 Å². The van der Waals surface area contributed by atoms with Gasteiger partial charge in [-0.15, -0.1) is 0 Å². The van der Waals surface area contributed by atoms with E-state index in [2.05, 4.69) is 54.2 Å². The highest BCUT2D eigenvalue weighted by Crippen LogP contribution is 2.32. The van der Waals surface area contributed by atoms with Crippen LogP contribution in [0.4, 0.5) is 0 Å². The monoisotopic (exact) mass is 325 g/mol. The number of ether oxygens (including phenoxy) is 1. The van der Waals surface area contributed by atoms with Crippen LogP contribution in [0.25, 0.3) is 0 Å². The first kappa shape index (κ1) is 14.9. The molecule has 106 valence electrons. The van der Waals surface area contributed by atoms with Crippen molar-refractivity contribution in [2.45, 2.75) is 52.6 Å². The lowest BCUT2D eigenvalue weighted by atomic mass is 10.0. The van der Waals surface area contributed by atoms with Crippen molar-refractivity contribution < 1.29 is 4.74 Å². The van der Waals surface area contributed by atoms with Crippen molar-refractivity contribution in [3.8, 4) is 5.75 Å². The van der Waals surface area contributed by atoms with Gasteiger partial charge < -0.3 is 10.1 Å². The molecule has 0 aliphatic carbocycles. The van der Waals surface area contributed by atoms with Crippen molar-refractivity contribution in [1.29, 1.82) is 0 Å². The van der Waals surface area contributed by atoms with Crippen molar-refractivity contribution >= 4 is 15.9 Å². The van der Waals surface area contributed by atoms with Gasteiger partial charge in [0.25, 0.3) is 0 Å². The van der Waals surface area contributed by atoms with E-state index < -0.39 is 0 Å². The molecule has 0 fully saturated rings. The molecule has 0 saturated heterocycles. The Kier molecular flexibility index (Phi) is 5.28. The SMILES string of the molecule is CC(C)CCC(C)NCc1cc(Br)cc2c1OCC2. The van der Waals surface area contributed by atoms with E-state index in [1.807, 2.05) is 0 Å². The molecule has 3 heteroatoms. The summed E-state index contributed by atoms with van der Waals surface area (Å²) in [6, 6.07) is 4.90. The molecule has 1 aliphatic rings. The summed E-state index contributed by atoms with van der Waals surface area (Å²) < 4.78 is 6.91. The Hall–Kier alpha value is -0.540. The molecule has 1 aliphatic heterocycles. The number of hydrogen-bond donors (Lipinski definition) is 1. The van der Waals surface area contributed by atoms with Crippen molar-refractivity contribution in [3.63, 3.8) is 0 Å². The average molecular weight is 326 g/mol. The third-order valence-electron chi connectivity index (χ3n) is 3.64. The quantitative estimate of drug-likeness (QED) is 0.842. The molecule has 0 saturated carbocycles. The van der Waals surface area contributed by atoms with Crippen LogP contribution in [-0.2, 0) is 13.0 Å². The fourth-order valence-electron chi connectivity index (χ4n) is 2.45. The predicted molar refractivity (Wildman–Crippen MR) is 83.7 cm³/mol. The van der Waals surface area contributed by atoms with Gasteiger partial charge in [0.05, 0.1) is 6.61 Å². The zero-order chi connectivity index (χ0) is 13.8. The summed E-state index contributed by atoms with van der Waals surface area (Å²) in [6.07, 6.45) is 3.54. The Morgan fingerprint density at radius 2 is 2.05 bits per heavy atom. The molecule has 1 aromatic rings. The molecular formula is C16H24BrNO. The van der Waals surface area contributed by atoms with Gasteiger partial charge in [0.1, 0.15) is 5.75 Å². The van der Waals surface area contributed by atoms with Crippen LogP contribution < -0.4 is 10.1 Å². The zero-order valence-corrected chi connectivity index (χ0v) is 13.7. The van der Waals surface area contributed by atoms with E-state index in [0.717, 1.165) is 35.7 Å². The average Bonchev–Trinajstić information content (AvgIpc) is 2.81. The summed E-state index contributed by atoms with van der Waals surface area (Å²) in [4.78, 5) is 0. The van der Waals surface area contributed by atoms with Crippen LogP contribution in [0, 0.1) is 5.92 Å². The zero-order valence-electron chi connectivity index (χ0n) is 12.1. The Balaban J connectivity index is 1.93. The van der Waals surface area contributed by atoms with Crippen LogP contribution in [0.3, 0.4) is 0 Å². The van der Waals surface area contributed by atoms with Crippen molar-refractivity contribution in [3.05, 3.63) is 27.7 Å². The van der Waals surface area contributed by atoms with Crippen LogP contribution in [0.5, 0.6) is 5.75 Å². The summed E-state index contributed by atoms with van der Waals surface area (Å²) in [7, 11) is 0. The van der Waals surface area contributed by atoms with E-state index >= 15 is 0 Å². The van der Waals surface area contributed by atoms with Gasteiger partial charge in [0.15, 0.2) is 0 Å². The Morgan fingerprint density at radius 3 is 2.79 bits per heavy atom. The maximum atomic E-state index is 5.75. The number of rotatable bonds is 6. The molecule has 1 unspecified atom stereocenters. The summed E-state index contributed by atoms with van der Waals surface area (Å²) in [5.74, 6) is 1.88. The lowest BCUT2D eigenvalue weighted by Crippen LogP contribution is -2.26. The van der Waals surface area contributed by atoms with Gasteiger partial charge in [0, 0.05) is 29.0 Å². The fraction of sp³-hybridized carbons (Fsp3) is 0.625. The number of halogens is 1. The minimum atomic E-state index is 0.554. The van der Waals surface area contributed by atoms with Gasteiger partial charge in [-0.2, -0.15) is 0 Å². The number of benzene rings is 1. The maximum absolute atomic E-state index is 5.75. The maximum Gasteiger partial charge on any atom is 0.127 e. The van der Waals surface area contributed by atoms with Gasteiger partial charge in [-0.1, -0.05) is 29.8 Å². The number of hydrogen-bond acceptors (Lipinski definition) is 2. The molecule has 1 atom stereocenters. The summed E-state index contributed by atoms with van der Waals surface area (Å²) in [6.45, 7) is 8.54. The predicted octanol–water partition coefficient (Wildman–Crippen LogP) is 4.30. The Labute approximate surface area is 125 Å². The second-order valence-electron chi connectivity index (χ2n) is 5.90. The van der Waals surface area contributed by atoms with E-state index in [1.54, 1.807) is 0 Å². The second kappa shape index (κ2) is 6.76. The largest absolute Gasteiger partial charge is 0.493 e. The van der Waals surface area contributed by atoms with Crippen molar-refractivity contribution in [1.82, 2.24) is 5.32 Å². The van der Waals surface area contributed by atoms with Crippen LogP contribution in [-0.4, -0.2) is 12.6 Å². The molecule has 2 rings (SSSR count). The molecular weight excluding hydrogens is 302 g/mol. The van der Waals surface area contributed by atoms with E-state index in [0.29, 0.717) is 6.04 Å². The van der Waals surface area contributed by atoms with Crippen molar-refractivity contribution in [2.24, 2.45) is 5.92 Å². The molecule has 1 N–H and O–H groups in total. The molecule has 1 aromatic carbocycles. The fourth-order valence-corrected chi connectivity index (χ4v) is 3.00. The van der Waals surface area contributed by atoms with Gasteiger partial charge in [-0.3, -0.25) is 0 Å². The molecule has 19 heavy (non-hydrogen) atoms. The van der Waals surface area contributed by atoms with Crippen LogP contribution in [0.2, 0.25) is 0 Å². The molecule has 2 nitrogen and oxygen atoms in total. The van der Waals surface area contributed by atoms with Crippen LogP contribution in [0.15, 0.2) is 16.6 Å². The molecule has 0 amide bonds. The van der Waals surface area contributed by atoms with Gasteiger partial charge >= 0.3 is 0 Å². The smallest absolute Gasteiger partial charge is 0.127 e. The summed E-state index contributed by atoms with van der Waals surface area (Å²) in [5.41, 5.74) is 2.61. The molecule has 0 bridgehead atoms. The summed E-state index contributed by atoms with van der Waals surface area (Å²) in [5, 5.41) is 3.61. The third-order valence-corrected chi connectivity index (χ3v) is 4.10. The highest BCUT2D eigenvalue weighted by atomic mass is 79.9. The molecule has 0 spiro atoms. The lowest BCUT2D eigenvalue weighted by molar-refractivity contribution is 0.351. The Bertz CT molecular complexity index is 431. The third kappa shape index (κ3) is 4.22. The van der Waals surface area contributed by atoms with Crippen molar-refractivity contribution in [2.75, 3.05) is 6.61 Å². The molecule has 0 radical (unpaired) electrons. The van der Waals surface area contributed by atoms with Gasteiger partial charge in [0.2, 0.25) is 0 Å². The Morgan fingerprint density at radius 1 is 1.26 bits per heavy atom. The van der Waals surface area contributed by atoms with E-state index in [4.69, 9.17) is 4.74 Å². The van der Waals surface area contributed by atoms with Crippen LogP contribution in [0.1, 0.15) is 44.7 Å². The van der Waals surface area contributed by atoms with Gasteiger partial charge in [-0.05, 0) is 43.4 Å². The standard InChI is InChI=1S/C16H24BrNO/c1-11(2)4-5-12(3)18-10-14-9-15(17)8-13-6-7-19-16(13)14/h8-9,11-12,18H,4-7,10H2,1-3H3. The first-order valence-electron chi connectivity index (χ1n) is 7.23.